The van der Waals surface area contributed by atoms with Gasteiger partial charge in [0.15, 0.2) is 0 Å². The molecule has 0 radical (unpaired) electrons. The van der Waals surface area contributed by atoms with Crippen molar-refractivity contribution < 1.29 is 18.7 Å². The molecule has 0 aromatic heterocycles. The van der Waals surface area contributed by atoms with E-state index in [0.29, 0.717) is 49.0 Å². The second-order valence-electron chi connectivity index (χ2n) is 11.8. The smallest absolute Gasteiger partial charge is 0.237 e. The van der Waals surface area contributed by atoms with E-state index in [1.165, 1.54) is 0 Å². The first-order valence-electron chi connectivity index (χ1n) is 13.4. The number of carbonyl (C=O) groups excluding carboxylic acids is 2. The molecule has 10 heteroatoms. The van der Waals surface area contributed by atoms with Gasteiger partial charge in [0.25, 0.3) is 0 Å². The van der Waals surface area contributed by atoms with Crippen LogP contribution in [0.25, 0.3) is 0 Å². The lowest BCUT2D eigenvalue weighted by Crippen LogP contribution is -2.49. The average Bonchev–Trinajstić information content (AvgIpc) is 3.35. The van der Waals surface area contributed by atoms with Gasteiger partial charge in [-0.15, -0.1) is 0 Å². The maximum Gasteiger partial charge on any atom is 0.237 e. The van der Waals surface area contributed by atoms with Gasteiger partial charge in [-0.05, 0) is 57.1 Å². The standard InChI is InChI=1S/C29H35BrClFN4O3/c1-28(2,3)16-22-29(19-8-7-17(31)15-21(19)34-27(29)38)23(18-5-4-6-20(30)24(18)32)25(35-22)26(37)33-9-10-36-11-13-39-14-12-36/h4-8,15,22-23,25,35H,9-14,16H2,1-3H3,(H,33,37)(H,34,38)/t22?,23-,25+,29-/m0/s1. The Morgan fingerprint density at radius 2 is 2.00 bits per heavy atom. The number of rotatable bonds is 6. The summed E-state index contributed by atoms with van der Waals surface area (Å²) < 4.78 is 21.6. The van der Waals surface area contributed by atoms with E-state index in [-0.39, 0.29) is 21.7 Å². The lowest BCUT2D eigenvalue weighted by atomic mass is 9.62. The molecule has 3 aliphatic rings. The molecule has 1 spiro atoms. The fraction of sp³-hybridized carbons (Fsp3) is 0.517. The predicted molar refractivity (Wildman–Crippen MR) is 154 cm³/mol. The molecule has 3 heterocycles. The average molecular weight is 622 g/mol. The zero-order valence-electron chi connectivity index (χ0n) is 22.5. The van der Waals surface area contributed by atoms with Crippen molar-refractivity contribution in [2.24, 2.45) is 5.41 Å². The van der Waals surface area contributed by atoms with Crippen LogP contribution >= 0.6 is 27.5 Å². The fourth-order valence-corrected chi connectivity index (χ4v) is 6.98. The SMILES string of the molecule is CC(C)(C)CC1N[C@@H](C(=O)NCCN2CCOCC2)[C@H](c2cccc(Br)c2F)[C@@]12C(=O)Nc1cc(Cl)ccc12. The van der Waals surface area contributed by atoms with E-state index in [0.717, 1.165) is 18.7 Å². The molecule has 7 nitrogen and oxygen atoms in total. The van der Waals surface area contributed by atoms with Crippen LogP contribution in [0.1, 0.15) is 44.2 Å². The molecular formula is C29H35BrClFN4O3. The Kier molecular flexibility index (Phi) is 8.10. The molecule has 0 aliphatic carbocycles. The Bertz CT molecular complexity index is 1270. The van der Waals surface area contributed by atoms with Crippen LogP contribution in [-0.2, 0) is 19.7 Å². The van der Waals surface area contributed by atoms with Crippen LogP contribution in [0, 0.1) is 11.2 Å². The van der Waals surface area contributed by atoms with E-state index in [9.17, 15) is 9.59 Å². The Hall–Kier alpha value is -2.04. The number of nitrogens with one attached hydrogen (secondary N) is 3. The summed E-state index contributed by atoms with van der Waals surface area (Å²) >= 11 is 9.62. The lowest BCUT2D eigenvalue weighted by molar-refractivity contribution is -0.124. The monoisotopic (exact) mass is 620 g/mol. The minimum atomic E-state index is -1.22. The molecule has 39 heavy (non-hydrogen) atoms. The number of amides is 2. The molecule has 210 valence electrons. The van der Waals surface area contributed by atoms with Crippen molar-refractivity contribution in [3.05, 3.63) is 62.8 Å². The van der Waals surface area contributed by atoms with Crippen molar-refractivity contribution in [2.45, 2.75) is 50.6 Å². The first-order valence-corrected chi connectivity index (χ1v) is 14.6. The van der Waals surface area contributed by atoms with E-state index in [1.807, 2.05) is 6.07 Å². The number of ether oxygens (including phenoxy) is 1. The minimum absolute atomic E-state index is 0.178. The van der Waals surface area contributed by atoms with Crippen molar-refractivity contribution in [3.63, 3.8) is 0 Å². The number of hydrogen-bond acceptors (Lipinski definition) is 5. The van der Waals surface area contributed by atoms with Gasteiger partial charge in [-0.25, -0.2) is 4.39 Å². The van der Waals surface area contributed by atoms with Crippen LogP contribution in [0.5, 0.6) is 0 Å². The molecule has 2 aromatic carbocycles. The van der Waals surface area contributed by atoms with Crippen LogP contribution in [-0.4, -0.2) is 68.2 Å². The summed E-state index contributed by atoms with van der Waals surface area (Å²) in [6.45, 7) is 10.4. The number of carbonyl (C=O) groups is 2. The van der Waals surface area contributed by atoms with Crippen molar-refractivity contribution in [2.75, 3.05) is 44.7 Å². The molecule has 3 aliphatic heterocycles. The number of fused-ring (bicyclic) bond motifs is 2. The molecule has 2 saturated heterocycles. The number of nitrogens with zero attached hydrogens (tertiary/aromatic N) is 1. The highest BCUT2D eigenvalue weighted by atomic mass is 79.9. The fourth-order valence-electron chi connectivity index (χ4n) is 6.42. The van der Waals surface area contributed by atoms with Gasteiger partial charge in [-0.3, -0.25) is 14.5 Å². The van der Waals surface area contributed by atoms with Crippen LogP contribution in [0.15, 0.2) is 40.9 Å². The number of halogens is 3. The quantitative estimate of drug-likeness (QED) is 0.445. The number of anilines is 1. The van der Waals surface area contributed by atoms with Crippen LogP contribution in [0.2, 0.25) is 5.02 Å². The molecular weight excluding hydrogens is 587 g/mol. The Labute approximate surface area is 242 Å². The zero-order chi connectivity index (χ0) is 27.9. The van der Waals surface area contributed by atoms with Crippen LogP contribution < -0.4 is 16.0 Å². The molecule has 2 fully saturated rings. The largest absolute Gasteiger partial charge is 0.379 e. The number of morpholine rings is 1. The van der Waals surface area contributed by atoms with Gasteiger partial charge < -0.3 is 20.7 Å². The second kappa shape index (κ2) is 11.1. The van der Waals surface area contributed by atoms with Gasteiger partial charge >= 0.3 is 0 Å². The first-order chi connectivity index (χ1) is 18.5. The molecule has 2 amide bonds. The molecule has 1 unspecified atom stereocenters. The Morgan fingerprint density at radius 3 is 2.72 bits per heavy atom. The summed E-state index contributed by atoms with van der Waals surface area (Å²) in [6, 6.07) is 9.10. The summed E-state index contributed by atoms with van der Waals surface area (Å²) in [5.74, 6) is -1.78. The van der Waals surface area contributed by atoms with Gasteiger partial charge in [0.2, 0.25) is 11.8 Å². The molecule has 0 saturated carbocycles. The van der Waals surface area contributed by atoms with E-state index in [4.69, 9.17) is 16.3 Å². The zero-order valence-corrected chi connectivity index (χ0v) is 24.8. The Balaban J connectivity index is 1.59. The van der Waals surface area contributed by atoms with Gasteiger partial charge in [0.05, 0.1) is 23.7 Å². The lowest BCUT2D eigenvalue weighted by Gasteiger charge is -2.37. The van der Waals surface area contributed by atoms with E-state index >= 15 is 4.39 Å². The van der Waals surface area contributed by atoms with Crippen LogP contribution in [0.4, 0.5) is 10.1 Å². The van der Waals surface area contributed by atoms with Crippen molar-refractivity contribution >= 4 is 45.0 Å². The van der Waals surface area contributed by atoms with Crippen molar-refractivity contribution in [1.29, 1.82) is 0 Å². The highest BCUT2D eigenvalue weighted by Crippen LogP contribution is 2.57. The molecule has 4 atom stereocenters. The van der Waals surface area contributed by atoms with E-state index in [2.05, 4.69) is 57.6 Å². The first kappa shape index (κ1) is 28.5. The van der Waals surface area contributed by atoms with E-state index in [1.54, 1.807) is 30.3 Å². The third-order valence-electron chi connectivity index (χ3n) is 8.05. The maximum absolute atomic E-state index is 15.9. The highest BCUT2D eigenvalue weighted by molar-refractivity contribution is 9.10. The van der Waals surface area contributed by atoms with Gasteiger partial charge in [-0.1, -0.05) is 50.6 Å². The third-order valence-corrected chi connectivity index (χ3v) is 8.90. The molecule has 5 rings (SSSR count). The van der Waals surface area contributed by atoms with Crippen LogP contribution in [0.3, 0.4) is 0 Å². The predicted octanol–water partition coefficient (Wildman–Crippen LogP) is 4.44. The summed E-state index contributed by atoms with van der Waals surface area (Å²) in [6.07, 6.45) is 0.589. The van der Waals surface area contributed by atoms with Gasteiger partial charge in [-0.2, -0.15) is 0 Å². The second-order valence-corrected chi connectivity index (χ2v) is 13.1. The topological polar surface area (TPSA) is 82.7 Å². The number of benzene rings is 2. The molecule has 3 N–H and O–H groups in total. The molecule has 0 bridgehead atoms. The van der Waals surface area contributed by atoms with Crippen molar-refractivity contribution in [3.8, 4) is 0 Å². The minimum Gasteiger partial charge on any atom is -0.379 e. The van der Waals surface area contributed by atoms with Gasteiger partial charge in [0, 0.05) is 48.8 Å². The number of hydrogen-bond donors (Lipinski definition) is 3. The maximum atomic E-state index is 15.9. The highest BCUT2D eigenvalue weighted by Gasteiger charge is 2.66. The van der Waals surface area contributed by atoms with Gasteiger partial charge in [0.1, 0.15) is 11.2 Å². The summed E-state index contributed by atoms with van der Waals surface area (Å²) in [5.41, 5.74) is 0.247. The van der Waals surface area contributed by atoms with Crippen molar-refractivity contribution in [1.82, 2.24) is 15.5 Å². The summed E-state index contributed by atoms with van der Waals surface area (Å²) in [4.78, 5) is 30.3. The Morgan fingerprint density at radius 1 is 1.26 bits per heavy atom. The summed E-state index contributed by atoms with van der Waals surface area (Å²) in [5, 5.41) is 10.1. The normalized spacial score (nSPS) is 27.0. The third kappa shape index (κ3) is 5.36. The summed E-state index contributed by atoms with van der Waals surface area (Å²) in [7, 11) is 0. The molecule has 2 aromatic rings. The van der Waals surface area contributed by atoms with E-state index < -0.39 is 29.2 Å².